The highest BCUT2D eigenvalue weighted by atomic mass is 16.1. The minimum Gasteiger partial charge on any atom is -0.326 e. The van der Waals surface area contributed by atoms with Gasteiger partial charge in [-0.05, 0) is 25.5 Å². The summed E-state index contributed by atoms with van der Waals surface area (Å²) in [5.41, 5.74) is 2.77. The second-order valence-corrected chi connectivity index (χ2v) is 3.04. The van der Waals surface area contributed by atoms with Crippen LogP contribution in [0.2, 0.25) is 0 Å². The molecule has 0 unspecified atom stereocenters. The number of pyridine rings is 1. The molecular formula is C10H14N2O. The predicted octanol–water partition coefficient (Wildman–Crippen LogP) is 2.05. The van der Waals surface area contributed by atoms with Gasteiger partial charge in [-0.3, -0.25) is 9.78 Å². The summed E-state index contributed by atoms with van der Waals surface area (Å²) in [5, 5.41) is 2.82. The fourth-order valence-corrected chi connectivity index (χ4v) is 1.00. The summed E-state index contributed by atoms with van der Waals surface area (Å²) in [6, 6.07) is 1.88. The van der Waals surface area contributed by atoms with Crippen LogP contribution in [0.5, 0.6) is 0 Å². The molecule has 0 fully saturated rings. The molecule has 1 aromatic heterocycles. The number of nitrogens with one attached hydrogen (secondary N) is 1. The van der Waals surface area contributed by atoms with Gasteiger partial charge in [-0.1, -0.05) is 6.92 Å². The van der Waals surface area contributed by atoms with Gasteiger partial charge >= 0.3 is 0 Å². The van der Waals surface area contributed by atoms with E-state index in [1.165, 1.54) is 0 Å². The number of carbonyl (C=O) groups excluding carboxylic acids is 1. The minimum atomic E-state index is 0.0358. The maximum atomic E-state index is 11.1. The summed E-state index contributed by atoms with van der Waals surface area (Å²) in [5.74, 6) is 0.0358. The predicted molar refractivity (Wildman–Crippen MR) is 52.6 cm³/mol. The zero-order chi connectivity index (χ0) is 9.84. The van der Waals surface area contributed by atoms with Crippen LogP contribution in [0, 0.1) is 13.8 Å². The number of nitrogens with zero attached hydrogens (tertiary/aromatic N) is 1. The van der Waals surface area contributed by atoms with Crippen molar-refractivity contribution in [2.45, 2.75) is 27.2 Å². The van der Waals surface area contributed by atoms with Gasteiger partial charge < -0.3 is 5.32 Å². The fraction of sp³-hybridized carbons (Fsp3) is 0.400. The first-order chi connectivity index (χ1) is 6.13. The van der Waals surface area contributed by atoms with Crippen LogP contribution < -0.4 is 5.32 Å². The zero-order valence-electron chi connectivity index (χ0n) is 8.22. The summed E-state index contributed by atoms with van der Waals surface area (Å²) in [4.78, 5) is 15.2. The first-order valence-electron chi connectivity index (χ1n) is 4.36. The molecule has 1 rings (SSSR count). The highest BCUT2D eigenvalue weighted by molar-refractivity contribution is 5.91. The Morgan fingerprint density at radius 2 is 2.23 bits per heavy atom. The monoisotopic (exact) mass is 178 g/mol. The largest absolute Gasteiger partial charge is 0.326 e. The molecule has 70 valence electrons. The van der Waals surface area contributed by atoms with Crippen molar-refractivity contribution in [3.05, 3.63) is 23.5 Å². The Morgan fingerprint density at radius 1 is 1.54 bits per heavy atom. The van der Waals surface area contributed by atoms with E-state index < -0.39 is 0 Å². The third kappa shape index (κ3) is 2.54. The highest BCUT2D eigenvalue weighted by Crippen LogP contribution is 2.14. The fourth-order valence-electron chi connectivity index (χ4n) is 1.00. The molecule has 0 saturated heterocycles. The molecule has 3 heteroatoms. The van der Waals surface area contributed by atoms with Crippen molar-refractivity contribution in [1.29, 1.82) is 0 Å². The van der Waals surface area contributed by atoms with Gasteiger partial charge in [0.1, 0.15) is 0 Å². The van der Waals surface area contributed by atoms with Crippen LogP contribution in [-0.4, -0.2) is 10.9 Å². The number of rotatable bonds is 2. The Hall–Kier alpha value is -1.38. The van der Waals surface area contributed by atoms with Crippen molar-refractivity contribution < 1.29 is 4.79 Å². The Labute approximate surface area is 78.2 Å². The number of aryl methyl sites for hydroxylation is 2. The summed E-state index contributed by atoms with van der Waals surface area (Å²) in [7, 11) is 0. The van der Waals surface area contributed by atoms with E-state index in [2.05, 4.69) is 10.3 Å². The highest BCUT2D eigenvalue weighted by Gasteiger charge is 2.02. The number of amides is 1. The van der Waals surface area contributed by atoms with Crippen LogP contribution in [0.1, 0.15) is 24.6 Å². The Kier molecular flexibility index (Phi) is 3.01. The van der Waals surface area contributed by atoms with E-state index in [1.54, 1.807) is 6.20 Å². The molecule has 0 aliphatic carbocycles. The van der Waals surface area contributed by atoms with Gasteiger partial charge in [-0.15, -0.1) is 0 Å². The Balaban J connectivity index is 2.87. The van der Waals surface area contributed by atoms with Crippen LogP contribution >= 0.6 is 0 Å². The van der Waals surface area contributed by atoms with Gasteiger partial charge in [-0.25, -0.2) is 0 Å². The molecule has 1 N–H and O–H groups in total. The lowest BCUT2D eigenvalue weighted by atomic mass is 10.2. The van der Waals surface area contributed by atoms with Crippen molar-refractivity contribution in [1.82, 2.24) is 4.98 Å². The molecule has 0 aliphatic heterocycles. The summed E-state index contributed by atoms with van der Waals surface area (Å²) >= 11 is 0. The lowest BCUT2D eigenvalue weighted by molar-refractivity contribution is -0.115. The normalized spacial score (nSPS) is 9.77. The molecule has 0 radical (unpaired) electrons. The van der Waals surface area contributed by atoms with Crippen LogP contribution in [0.4, 0.5) is 5.69 Å². The van der Waals surface area contributed by atoms with E-state index in [1.807, 2.05) is 26.8 Å². The van der Waals surface area contributed by atoms with E-state index in [-0.39, 0.29) is 5.91 Å². The molecule has 0 aromatic carbocycles. The molecule has 0 atom stereocenters. The molecule has 13 heavy (non-hydrogen) atoms. The van der Waals surface area contributed by atoms with Crippen LogP contribution in [0.15, 0.2) is 12.3 Å². The van der Waals surface area contributed by atoms with Gasteiger partial charge in [0.25, 0.3) is 0 Å². The van der Waals surface area contributed by atoms with E-state index >= 15 is 0 Å². The van der Waals surface area contributed by atoms with Crippen molar-refractivity contribution in [2.75, 3.05) is 5.32 Å². The maximum absolute atomic E-state index is 11.1. The summed E-state index contributed by atoms with van der Waals surface area (Å²) in [6.45, 7) is 5.66. The number of anilines is 1. The van der Waals surface area contributed by atoms with Gasteiger partial charge in [0.05, 0.1) is 0 Å². The molecule has 1 amide bonds. The van der Waals surface area contributed by atoms with Crippen LogP contribution in [-0.2, 0) is 4.79 Å². The molecular weight excluding hydrogens is 164 g/mol. The Morgan fingerprint density at radius 3 is 2.85 bits per heavy atom. The topological polar surface area (TPSA) is 42.0 Å². The second-order valence-electron chi connectivity index (χ2n) is 3.04. The van der Waals surface area contributed by atoms with Crippen molar-refractivity contribution in [2.24, 2.45) is 0 Å². The second kappa shape index (κ2) is 4.03. The van der Waals surface area contributed by atoms with E-state index in [0.29, 0.717) is 6.42 Å². The lowest BCUT2D eigenvalue weighted by Gasteiger charge is -2.07. The Bertz CT molecular complexity index is 321. The first kappa shape index (κ1) is 9.71. The summed E-state index contributed by atoms with van der Waals surface area (Å²) in [6.07, 6.45) is 2.27. The average Bonchev–Trinajstić information content (AvgIpc) is 2.11. The van der Waals surface area contributed by atoms with E-state index in [4.69, 9.17) is 0 Å². The molecule has 3 nitrogen and oxygen atoms in total. The quantitative estimate of drug-likeness (QED) is 0.753. The van der Waals surface area contributed by atoms with Gasteiger partial charge in [-0.2, -0.15) is 0 Å². The zero-order valence-corrected chi connectivity index (χ0v) is 8.22. The van der Waals surface area contributed by atoms with E-state index in [0.717, 1.165) is 16.9 Å². The third-order valence-electron chi connectivity index (χ3n) is 1.84. The number of hydrogen-bond acceptors (Lipinski definition) is 2. The number of aromatic nitrogens is 1. The van der Waals surface area contributed by atoms with Gasteiger partial charge in [0.2, 0.25) is 5.91 Å². The van der Waals surface area contributed by atoms with Crippen molar-refractivity contribution >= 4 is 11.6 Å². The molecule has 0 bridgehead atoms. The molecule has 1 aromatic rings. The van der Waals surface area contributed by atoms with Crippen molar-refractivity contribution in [3.63, 3.8) is 0 Å². The van der Waals surface area contributed by atoms with Crippen LogP contribution in [0.3, 0.4) is 0 Å². The molecule has 0 spiro atoms. The van der Waals surface area contributed by atoms with E-state index in [9.17, 15) is 4.79 Å². The first-order valence-corrected chi connectivity index (χ1v) is 4.36. The smallest absolute Gasteiger partial charge is 0.224 e. The number of carbonyl (C=O) groups is 1. The number of hydrogen-bond donors (Lipinski definition) is 1. The van der Waals surface area contributed by atoms with Crippen molar-refractivity contribution in [3.8, 4) is 0 Å². The average molecular weight is 178 g/mol. The van der Waals surface area contributed by atoms with Gasteiger partial charge in [0, 0.05) is 24.0 Å². The van der Waals surface area contributed by atoms with Gasteiger partial charge in [0.15, 0.2) is 0 Å². The lowest BCUT2D eigenvalue weighted by Crippen LogP contribution is -2.10. The minimum absolute atomic E-state index is 0.0358. The standard InChI is InChI=1S/C10H14N2O/c1-4-10(13)12-9-5-8(3)11-6-7(9)2/h5-6H,4H2,1-3H3,(H,11,12,13). The third-order valence-corrected chi connectivity index (χ3v) is 1.84. The SMILES string of the molecule is CCC(=O)Nc1cc(C)ncc1C. The van der Waals surface area contributed by atoms with Crippen LogP contribution in [0.25, 0.3) is 0 Å². The molecule has 1 heterocycles. The summed E-state index contributed by atoms with van der Waals surface area (Å²) < 4.78 is 0. The molecule has 0 saturated carbocycles. The maximum Gasteiger partial charge on any atom is 0.224 e. The molecule has 0 aliphatic rings.